The number of amides is 2. The third kappa shape index (κ3) is 5.09. The van der Waals surface area contributed by atoms with Gasteiger partial charge in [0.15, 0.2) is 11.5 Å². The van der Waals surface area contributed by atoms with Crippen LogP contribution < -0.4 is 10.6 Å². The molecule has 1 unspecified atom stereocenters. The monoisotopic (exact) mass is 565 g/mol. The van der Waals surface area contributed by atoms with Crippen LogP contribution >= 0.6 is 0 Å². The molecule has 2 fully saturated rings. The number of benzene rings is 3. The van der Waals surface area contributed by atoms with Gasteiger partial charge in [0.1, 0.15) is 18.5 Å². The van der Waals surface area contributed by atoms with E-state index in [9.17, 15) is 14.0 Å². The van der Waals surface area contributed by atoms with Gasteiger partial charge < -0.3 is 20.3 Å². The van der Waals surface area contributed by atoms with Gasteiger partial charge in [0.05, 0.1) is 12.1 Å². The van der Waals surface area contributed by atoms with Crippen molar-refractivity contribution in [2.75, 3.05) is 25.0 Å². The zero-order chi connectivity index (χ0) is 28.6. The van der Waals surface area contributed by atoms with E-state index in [4.69, 9.17) is 19.8 Å². The van der Waals surface area contributed by atoms with Crippen molar-refractivity contribution in [2.24, 2.45) is 0 Å². The van der Waals surface area contributed by atoms with Crippen LogP contribution in [-0.2, 0) is 16.1 Å². The summed E-state index contributed by atoms with van der Waals surface area (Å²) in [6, 6.07) is 20.7. The van der Waals surface area contributed by atoms with E-state index in [0.29, 0.717) is 41.0 Å². The van der Waals surface area contributed by atoms with Gasteiger partial charge in [0.2, 0.25) is 11.9 Å². The molecular weight excluding hydrogens is 537 g/mol. The molecule has 212 valence electrons. The number of nitrogens with one attached hydrogen (secondary N) is 2. The lowest BCUT2D eigenvalue weighted by molar-refractivity contribution is -0.121. The lowest BCUT2D eigenvalue weighted by Crippen LogP contribution is -2.44. The number of carbonyl (C=O) groups excluding carboxylic acids is 2. The molecule has 0 spiro atoms. The summed E-state index contributed by atoms with van der Waals surface area (Å²) in [6.07, 6.45) is 1.67. The Morgan fingerprint density at radius 2 is 1.88 bits per heavy atom. The fraction of sp³-hybridized carbons (Fsp3) is 0.258. The van der Waals surface area contributed by atoms with Crippen LogP contribution in [0.1, 0.15) is 29.9 Å². The van der Waals surface area contributed by atoms with E-state index >= 15 is 0 Å². The van der Waals surface area contributed by atoms with Crippen LogP contribution in [-0.4, -0.2) is 62.2 Å². The van der Waals surface area contributed by atoms with Gasteiger partial charge in [-0.2, -0.15) is 4.52 Å². The van der Waals surface area contributed by atoms with Crippen LogP contribution in [0.25, 0.3) is 27.9 Å². The van der Waals surface area contributed by atoms with Crippen molar-refractivity contribution < 1.29 is 18.7 Å². The second-order valence-electron chi connectivity index (χ2n) is 10.6. The van der Waals surface area contributed by atoms with Crippen LogP contribution in [0.2, 0.25) is 0 Å². The number of aromatic nitrogens is 4. The van der Waals surface area contributed by atoms with E-state index in [2.05, 4.69) is 16.7 Å². The van der Waals surface area contributed by atoms with Gasteiger partial charge in [-0.25, -0.2) is 19.2 Å². The molecule has 5 aromatic rings. The molecule has 7 rings (SSSR count). The fourth-order valence-electron chi connectivity index (χ4n) is 5.33. The number of hydrogen-bond donors (Lipinski definition) is 2. The van der Waals surface area contributed by atoms with Crippen LogP contribution in [0.3, 0.4) is 0 Å². The van der Waals surface area contributed by atoms with Crippen LogP contribution in [0, 0.1) is 5.82 Å². The molecule has 1 aliphatic heterocycles. The van der Waals surface area contributed by atoms with Gasteiger partial charge in [-0.3, -0.25) is 4.79 Å². The van der Waals surface area contributed by atoms with Crippen molar-refractivity contribution >= 4 is 34.5 Å². The molecule has 2 aliphatic rings. The Morgan fingerprint density at radius 1 is 1.05 bits per heavy atom. The highest BCUT2D eigenvalue weighted by molar-refractivity contribution is 5.97. The predicted molar refractivity (Wildman–Crippen MR) is 154 cm³/mol. The molecule has 1 saturated heterocycles. The smallest absolute Gasteiger partial charge is 0.410 e. The molecule has 11 heteroatoms. The minimum absolute atomic E-state index is 0.0637. The summed E-state index contributed by atoms with van der Waals surface area (Å²) in [6.45, 7) is 0.785. The summed E-state index contributed by atoms with van der Waals surface area (Å²) in [5, 5.41) is 11.7. The molecule has 0 bridgehead atoms. The molecule has 2 aromatic heterocycles. The quantitative estimate of drug-likeness (QED) is 0.311. The number of ether oxygens (including phenoxy) is 1. The van der Waals surface area contributed by atoms with E-state index in [0.717, 1.165) is 29.4 Å². The van der Waals surface area contributed by atoms with Gasteiger partial charge in [0, 0.05) is 24.0 Å². The normalized spacial score (nSPS) is 17.2. The average Bonchev–Trinajstić information content (AvgIpc) is 3.78. The van der Waals surface area contributed by atoms with Crippen molar-refractivity contribution in [1.82, 2.24) is 29.8 Å². The average molecular weight is 566 g/mol. The summed E-state index contributed by atoms with van der Waals surface area (Å²) < 4.78 is 21.2. The predicted octanol–water partition coefficient (Wildman–Crippen LogP) is 4.51. The Kier molecular flexibility index (Phi) is 6.61. The number of hydrogen-bond acceptors (Lipinski definition) is 7. The third-order valence-electron chi connectivity index (χ3n) is 7.60. The summed E-state index contributed by atoms with van der Waals surface area (Å²) in [5.41, 5.74) is 3.83. The number of halogens is 1. The highest BCUT2D eigenvalue weighted by atomic mass is 19.1. The summed E-state index contributed by atoms with van der Waals surface area (Å²) in [5.74, 6) is 0.394. The van der Waals surface area contributed by atoms with E-state index < -0.39 is 12.1 Å². The number of rotatable bonds is 6. The standard InChI is InChI=1S/C31H28FN7O3/c32-22-9-4-8-21(16-22)27-36-28-26-23(20-12-13-20)10-5-11-24(26)34-30(39(28)37-27)35-25-17-38(15-14-33-29(25)40)31(41)42-18-19-6-2-1-3-7-19/h1-11,16,20,25H,12-15,17-18H2,(H,33,40)(H,34,35). The van der Waals surface area contributed by atoms with Gasteiger partial charge in [-0.15, -0.1) is 5.10 Å². The second-order valence-corrected chi connectivity index (χ2v) is 10.6. The van der Waals surface area contributed by atoms with E-state index in [1.54, 1.807) is 16.6 Å². The largest absolute Gasteiger partial charge is 0.445 e. The van der Waals surface area contributed by atoms with Gasteiger partial charge in [0.25, 0.3) is 0 Å². The molecule has 2 N–H and O–H groups in total. The minimum atomic E-state index is -0.835. The van der Waals surface area contributed by atoms with Crippen molar-refractivity contribution in [2.45, 2.75) is 31.4 Å². The first-order chi connectivity index (χ1) is 20.5. The Hall–Kier alpha value is -5.06. The zero-order valence-electron chi connectivity index (χ0n) is 22.7. The lowest BCUT2D eigenvalue weighted by Gasteiger charge is -2.23. The van der Waals surface area contributed by atoms with Crippen molar-refractivity contribution in [1.29, 1.82) is 0 Å². The fourth-order valence-corrected chi connectivity index (χ4v) is 5.33. The van der Waals surface area contributed by atoms with Crippen LogP contribution in [0.15, 0.2) is 72.8 Å². The molecular formula is C31H28FN7O3. The summed E-state index contributed by atoms with van der Waals surface area (Å²) in [4.78, 5) is 37.3. The first-order valence-corrected chi connectivity index (χ1v) is 14.0. The topological polar surface area (TPSA) is 114 Å². The van der Waals surface area contributed by atoms with Crippen LogP contribution in [0.4, 0.5) is 15.1 Å². The number of anilines is 1. The van der Waals surface area contributed by atoms with Crippen LogP contribution in [0.5, 0.6) is 0 Å². The van der Waals surface area contributed by atoms with Crippen molar-refractivity contribution in [3.05, 3.63) is 89.7 Å². The minimum Gasteiger partial charge on any atom is -0.445 e. The molecule has 42 heavy (non-hydrogen) atoms. The maximum Gasteiger partial charge on any atom is 0.410 e. The molecule has 3 heterocycles. The van der Waals surface area contributed by atoms with Gasteiger partial charge in [-0.1, -0.05) is 54.6 Å². The Morgan fingerprint density at radius 3 is 2.69 bits per heavy atom. The lowest BCUT2D eigenvalue weighted by atomic mass is 10.1. The highest BCUT2D eigenvalue weighted by Gasteiger charge is 2.31. The summed E-state index contributed by atoms with van der Waals surface area (Å²) in [7, 11) is 0. The Labute approximate surface area is 240 Å². The zero-order valence-corrected chi connectivity index (χ0v) is 22.7. The number of carbonyl (C=O) groups is 2. The molecule has 10 nitrogen and oxygen atoms in total. The van der Waals surface area contributed by atoms with E-state index in [1.165, 1.54) is 17.0 Å². The van der Waals surface area contributed by atoms with Gasteiger partial charge in [-0.05, 0) is 48.1 Å². The number of nitrogens with zero attached hydrogens (tertiary/aromatic N) is 5. The summed E-state index contributed by atoms with van der Waals surface area (Å²) >= 11 is 0. The first-order valence-electron chi connectivity index (χ1n) is 14.0. The number of fused-ring (bicyclic) bond motifs is 3. The van der Waals surface area contributed by atoms with Crippen molar-refractivity contribution in [3.63, 3.8) is 0 Å². The molecule has 0 radical (unpaired) electrons. The SMILES string of the molecule is O=C1NCCN(C(=O)OCc2ccccc2)CC1Nc1nc2cccc(C3CC3)c2c2nc(-c3cccc(F)c3)nn12. The molecule has 3 aromatic carbocycles. The maximum atomic E-state index is 14.1. The second kappa shape index (κ2) is 10.7. The highest BCUT2D eigenvalue weighted by Crippen LogP contribution is 2.44. The van der Waals surface area contributed by atoms with E-state index in [-0.39, 0.29) is 31.4 Å². The molecule has 2 amide bonds. The third-order valence-corrected chi connectivity index (χ3v) is 7.60. The van der Waals surface area contributed by atoms with Crippen molar-refractivity contribution in [3.8, 4) is 11.4 Å². The first kappa shape index (κ1) is 25.9. The maximum absolute atomic E-state index is 14.1. The Balaban J connectivity index is 1.24. The molecule has 1 saturated carbocycles. The Bertz CT molecular complexity index is 1810. The molecule has 1 aliphatic carbocycles. The molecule has 1 atom stereocenters. The van der Waals surface area contributed by atoms with E-state index in [1.807, 2.05) is 42.5 Å². The van der Waals surface area contributed by atoms with Gasteiger partial charge >= 0.3 is 6.09 Å².